The van der Waals surface area contributed by atoms with Crippen molar-refractivity contribution in [3.05, 3.63) is 22.6 Å². The molecule has 2 nitrogen and oxygen atoms in total. The van der Waals surface area contributed by atoms with Gasteiger partial charge in [-0.15, -0.1) is 0 Å². The van der Waals surface area contributed by atoms with Gasteiger partial charge in [0.1, 0.15) is 0 Å². The molecule has 50 valence electrons. The standard InChI is InChI=1S/C6H7BrO2/c7-6-5(1-3-8)2-4-9-6/h2,4,8H,1,3H2. The molecule has 1 N–H and O–H groups in total. The van der Waals surface area contributed by atoms with Gasteiger partial charge in [0.2, 0.25) is 0 Å². The first-order valence-electron chi connectivity index (χ1n) is 2.67. The Kier molecular flexibility index (Phi) is 2.30. The fourth-order valence-corrected chi connectivity index (χ4v) is 1.06. The van der Waals surface area contributed by atoms with Gasteiger partial charge in [0.25, 0.3) is 0 Å². The highest BCUT2D eigenvalue weighted by molar-refractivity contribution is 9.10. The summed E-state index contributed by atoms with van der Waals surface area (Å²) in [7, 11) is 0. The maximum atomic E-state index is 8.50. The van der Waals surface area contributed by atoms with Crippen molar-refractivity contribution in [2.24, 2.45) is 0 Å². The Hall–Kier alpha value is -0.280. The van der Waals surface area contributed by atoms with Crippen LogP contribution in [0.1, 0.15) is 5.56 Å². The molecule has 0 fully saturated rings. The van der Waals surface area contributed by atoms with Crippen molar-refractivity contribution in [1.29, 1.82) is 0 Å². The van der Waals surface area contributed by atoms with Crippen LogP contribution in [0.5, 0.6) is 0 Å². The third-order valence-corrected chi connectivity index (χ3v) is 1.77. The minimum atomic E-state index is 0.165. The molecule has 0 spiro atoms. The van der Waals surface area contributed by atoms with Crippen LogP contribution >= 0.6 is 15.9 Å². The maximum absolute atomic E-state index is 8.50. The molecule has 1 aromatic heterocycles. The minimum absolute atomic E-state index is 0.165. The van der Waals surface area contributed by atoms with E-state index in [1.807, 2.05) is 6.07 Å². The van der Waals surface area contributed by atoms with E-state index in [9.17, 15) is 0 Å². The number of aliphatic hydroxyl groups excluding tert-OH is 1. The summed E-state index contributed by atoms with van der Waals surface area (Å²) in [6.45, 7) is 0.165. The van der Waals surface area contributed by atoms with Crippen LogP contribution in [0.25, 0.3) is 0 Å². The average Bonchev–Trinajstić information content (AvgIpc) is 2.18. The highest BCUT2D eigenvalue weighted by Crippen LogP contribution is 2.17. The molecule has 0 aliphatic rings. The summed E-state index contributed by atoms with van der Waals surface area (Å²) in [5, 5.41) is 8.50. The van der Waals surface area contributed by atoms with Crippen molar-refractivity contribution in [3.63, 3.8) is 0 Å². The molecule has 0 radical (unpaired) electrons. The summed E-state index contributed by atoms with van der Waals surface area (Å²) in [6.07, 6.45) is 2.24. The van der Waals surface area contributed by atoms with Gasteiger partial charge in [0.15, 0.2) is 4.67 Å². The lowest BCUT2D eigenvalue weighted by atomic mass is 10.3. The topological polar surface area (TPSA) is 33.4 Å². The molecule has 9 heavy (non-hydrogen) atoms. The first-order chi connectivity index (χ1) is 4.34. The monoisotopic (exact) mass is 190 g/mol. The molecule has 0 saturated carbocycles. The molecule has 0 aromatic carbocycles. The average molecular weight is 191 g/mol. The van der Waals surface area contributed by atoms with Gasteiger partial charge in [-0.1, -0.05) is 0 Å². The van der Waals surface area contributed by atoms with Gasteiger partial charge in [-0.2, -0.15) is 0 Å². The highest BCUT2D eigenvalue weighted by Gasteiger charge is 1.99. The quantitative estimate of drug-likeness (QED) is 0.769. The van der Waals surface area contributed by atoms with Gasteiger partial charge in [-0.05, 0) is 28.4 Å². The predicted molar refractivity (Wildman–Crippen MR) is 37.2 cm³/mol. The number of rotatable bonds is 2. The van der Waals surface area contributed by atoms with E-state index in [4.69, 9.17) is 9.52 Å². The number of hydrogen-bond donors (Lipinski definition) is 1. The predicted octanol–water partition coefficient (Wildman–Crippen LogP) is 1.58. The fourth-order valence-electron chi connectivity index (χ4n) is 0.619. The first kappa shape index (κ1) is 6.83. The van der Waals surface area contributed by atoms with Gasteiger partial charge in [0.05, 0.1) is 6.26 Å². The third kappa shape index (κ3) is 1.56. The SMILES string of the molecule is OCCc1ccoc1Br. The summed E-state index contributed by atoms with van der Waals surface area (Å²) in [4.78, 5) is 0. The Morgan fingerprint density at radius 3 is 2.89 bits per heavy atom. The van der Waals surface area contributed by atoms with Crippen LogP contribution in [-0.2, 0) is 6.42 Å². The zero-order chi connectivity index (χ0) is 6.69. The second-order valence-electron chi connectivity index (χ2n) is 1.69. The van der Waals surface area contributed by atoms with Gasteiger partial charge < -0.3 is 9.52 Å². The van der Waals surface area contributed by atoms with Gasteiger partial charge in [0, 0.05) is 12.2 Å². The van der Waals surface area contributed by atoms with E-state index >= 15 is 0 Å². The highest BCUT2D eigenvalue weighted by atomic mass is 79.9. The van der Waals surface area contributed by atoms with Gasteiger partial charge in [-0.25, -0.2) is 0 Å². The molecule has 3 heteroatoms. The second kappa shape index (κ2) is 3.03. The summed E-state index contributed by atoms with van der Waals surface area (Å²) < 4.78 is 5.64. The van der Waals surface area contributed by atoms with E-state index in [1.165, 1.54) is 0 Å². The minimum Gasteiger partial charge on any atom is -0.457 e. The lowest BCUT2D eigenvalue weighted by molar-refractivity contribution is 0.298. The molecule has 1 rings (SSSR count). The van der Waals surface area contributed by atoms with Gasteiger partial charge in [-0.3, -0.25) is 0 Å². The Morgan fingerprint density at radius 2 is 2.44 bits per heavy atom. The number of halogens is 1. The van der Waals surface area contributed by atoms with Crippen LogP contribution in [0.4, 0.5) is 0 Å². The smallest absolute Gasteiger partial charge is 0.172 e. The van der Waals surface area contributed by atoms with Crippen LogP contribution in [0.15, 0.2) is 21.4 Å². The van der Waals surface area contributed by atoms with Crippen molar-refractivity contribution in [2.75, 3.05) is 6.61 Å². The van der Waals surface area contributed by atoms with Crippen molar-refractivity contribution in [2.45, 2.75) is 6.42 Å². The zero-order valence-corrected chi connectivity index (χ0v) is 6.39. The maximum Gasteiger partial charge on any atom is 0.172 e. The Morgan fingerprint density at radius 1 is 1.67 bits per heavy atom. The number of furan rings is 1. The molecule has 0 aliphatic heterocycles. The molecule has 0 bridgehead atoms. The molecule has 0 atom stereocenters. The molecule has 1 aromatic rings. The van der Waals surface area contributed by atoms with Crippen LogP contribution in [-0.4, -0.2) is 11.7 Å². The largest absolute Gasteiger partial charge is 0.457 e. The molecule has 0 saturated heterocycles. The van der Waals surface area contributed by atoms with Crippen molar-refractivity contribution in [3.8, 4) is 0 Å². The van der Waals surface area contributed by atoms with Crippen LogP contribution < -0.4 is 0 Å². The molecule has 0 unspecified atom stereocenters. The van der Waals surface area contributed by atoms with Crippen molar-refractivity contribution < 1.29 is 9.52 Å². The van der Waals surface area contributed by atoms with E-state index in [0.29, 0.717) is 6.42 Å². The summed E-state index contributed by atoms with van der Waals surface area (Å²) in [6, 6.07) is 1.83. The normalized spacial score (nSPS) is 10.0. The van der Waals surface area contributed by atoms with E-state index in [0.717, 1.165) is 10.2 Å². The molecule has 0 amide bonds. The fraction of sp³-hybridized carbons (Fsp3) is 0.333. The Labute approximate surface area is 61.6 Å². The number of hydrogen-bond acceptors (Lipinski definition) is 2. The van der Waals surface area contributed by atoms with Crippen LogP contribution in [0.2, 0.25) is 0 Å². The van der Waals surface area contributed by atoms with Gasteiger partial charge >= 0.3 is 0 Å². The Balaban J connectivity index is 2.69. The molecular formula is C6H7BrO2. The van der Waals surface area contributed by atoms with E-state index in [-0.39, 0.29) is 6.61 Å². The van der Waals surface area contributed by atoms with Crippen LogP contribution in [0, 0.1) is 0 Å². The lowest BCUT2D eigenvalue weighted by Crippen LogP contribution is -1.87. The summed E-state index contributed by atoms with van der Waals surface area (Å²) >= 11 is 3.19. The van der Waals surface area contributed by atoms with E-state index in [1.54, 1.807) is 6.26 Å². The molecule has 1 heterocycles. The molecular weight excluding hydrogens is 184 g/mol. The third-order valence-electron chi connectivity index (χ3n) is 1.07. The molecule has 0 aliphatic carbocycles. The lowest BCUT2D eigenvalue weighted by Gasteiger charge is -1.89. The first-order valence-corrected chi connectivity index (χ1v) is 3.46. The van der Waals surface area contributed by atoms with Crippen LogP contribution in [0.3, 0.4) is 0 Å². The number of aliphatic hydroxyl groups is 1. The van der Waals surface area contributed by atoms with E-state index in [2.05, 4.69) is 15.9 Å². The zero-order valence-electron chi connectivity index (χ0n) is 4.80. The van der Waals surface area contributed by atoms with Crippen molar-refractivity contribution in [1.82, 2.24) is 0 Å². The van der Waals surface area contributed by atoms with E-state index < -0.39 is 0 Å². The summed E-state index contributed by atoms with van der Waals surface area (Å²) in [5.74, 6) is 0. The summed E-state index contributed by atoms with van der Waals surface area (Å²) in [5.41, 5.74) is 1.01. The Bertz CT molecular complexity index is 183. The second-order valence-corrected chi connectivity index (χ2v) is 2.41. The van der Waals surface area contributed by atoms with Crippen molar-refractivity contribution >= 4 is 15.9 Å².